The van der Waals surface area contributed by atoms with Crippen LogP contribution in [0.25, 0.3) is 0 Å². The van der Waals surface area contributed by atoms with Gasteiger partial charge >= 0.3 is 0 Å². The highest BCUT2D eigenvalue weighted by Gasteiger charge is 2.32. The number of ether oxygens (including phenoxy) is 2. The molecule has 0 bridgehead atoms. The number of likely N-dealkylation sites (tertiary alicyclic amines) is 1. The van der Waals surface area contributed by atoms with Crippen LogP contribution in [0, 0.1) is 0 Å². The van der Waals surface area contributed by atoms with Gasteiger partial charge < -0.3 is 19.7 Å². The average Bonchev–Trinajstić information content (AvgIpc) is 2.63. The van der Waals surface area contributed by atoms with Gasteiger partial charge in [0.1, 0.15) is 0 Å². The number of carbonyl (C=O) groups excluding carboxylic acids is 2. The first kappa shape index (κ1) is 16.7. The molecule has 0 aromatic carbocycles. The minimum absolute atomic E-state index is 0.0789. The van der Waals surface area contributed by atoms with E-state index in [0.29, 0.717) is 36.0 Å². The SMILES string of the molecule is COc1ccc(C(=O)NC2CN(C(=O)c3ccc(OC)nc3)C2)cn1. The van der Waals surface area contributed by atoms with Gasteiger partial charge in [0.2, 0.25) is 11.8 Å². The second kappa shape index (κ2) is 7.16. The maximum atomic E-state index is 12.3. The lowest BCUT2D eigenvalue weighted by Gasteiger charge is -2.39. The standard InChI is InChI=1S/C17H18N4O4/c1-24-14-5-3-11(7-18-14)16(22)20-13-9-21(10-13)17(23)12-4-6-15(25-2)19-8-12/h3-8,13H,9-10H2,1-2H3,(H,20,22). The fourth-order valence-electron chi connectivity index (χ4n) is 2.45. The molecule has 25 heavy (non-hydrogen) atoms. The summed E-state index contributed by atoms with van der Waals surface area (Å²) in [5, 5.41) is 2.88. The van der Waals surface area contributed by atoms with E-state index in [1.54, 1.807) is 29.2 Å². The Balaban J connectivity index is 1.51. The van der Waals surface area contributed by atoms with E-state index in [4.69, 9.17) is 9.47 Å². The zero-order chi connectivity index (χ0) is 17.8. The molecule has 1 aliphatic heterocycles. The fraction of sp³-hybridized carbons (Fsp3) is 0.294. The summed E-state index contributed by atoms with van der Waals surface area (Å²) >= 11 is 0. The largest absolute Gasteiger partial charge is 0.481 e. The van der Waals surface area contributed by atoms with Gasteiger partial charge in [0.15, 0.2) is 0 Å². The quantitative estimate of drug-likeness (QED) is 0.862. The van der Waals surface area contributed by atoms with Crippen LogP contribution >= 0.6 is 0 Å². The Morgan fingerprint density at radius 3 is 2.04 bits per heavy atom. The zero-order valence-electron chi connectivity index (χ0n) is 13.9. The van der Waals surface area contributed by atoms with Gasteiger partial charge in [-0.25, -0.2) is 9.97 Å². The van der Waals surface area contributed by atoms with E-state index < -0.39 is 0 Å². The molecule has 2 aromatic rings. The molecule has 8 nitrogen and oxygen atoms in total. The molecular weight excluding hydrogens is 324 g/mol. The van der Waals surface area contributed by atoms with E-state index in [2.05, 4.69) is 15.3 Å². The van der Waals surface area contributed by atoms with Gasteiger partial charge in [-0.3, -0.25) is 9.59 Å². The number of rotatable bonds is 5. The summed E-state index contributed by atoms with van der Waals surface area (Å²) in [5.41, 5.74) is 0.940. The van der Waals surface area contributed by atoms with E-state index in [0.717, 1.165) is 0 Å². The molecule has 3 heterocycles. The molecule has 130 valence electrons. The van der Waals surface area contributed by atoms with Crippen molar-refractivity contribution in [2.75, 3.05) is 27.3 Å². The summed E-state index contributed by atoms with van der Waals surface area (Å²) in [6.07, 6.45) is 2.94. The molecule has 0 radical (unpaired) electrons. The molecule has 1 N–H and O–H groups in total. The number of nitrogens with zero attached hydrogens (tertiary/aromatic N) is 3. The van der Waals surface area contributed by atoms with Crippen molar-refractivity contribution in [2.24, 2.45) is 0 Å². The Morgan fingerprint density at radius 1 is 1.00 bits per heavy atom. The minimum Gasteiger partial charge on any atom is -0.481 e. The summed E-state index contributed by atoms with van der Waals surface area (Å²) in [4.78, 5) is 34.1. The van der Waals surface area contributed by atoms with Crippen molar-refractivity contribution in [3.05, 3.63) is 47.8 Å². The Kier molecular flexibility index (Phi) is 4.78. The molecule has 0 unspecified atom stereocenters. The molecule has 3 rings (SSSR count). The van der Waals surface area contributed by atoms with E-state index in [9.17, 15) is 9.59 Å². The number of carbonyl (C=O) groups is 2. The molecule has 0 atom stereocenters. The van der Waals surface area contributed by atoms with E-state index in [1.807, 2.05) is 0 Å². The number of hydrogen-bond donors (Lipinski definition) is 1. The van der Waals surface area contributed by atoms with Crippen LogP contribution in [0.3, 0.4) is 0 Å². The smallest absolute Gasteiger partial charge is 0.255 e. The van der Waals surface area contributed by atoms with Gasteiger partial charge in [0, 0.05) is 37.6 Å². The second-order valence-corrected chi connectivity index (χ2v) is 5.56. The molecule has 2 amide bonds. The number of nitrogens with one attached hydrogen (secondary N) is 1. The van der Waals surface area contributed by atoms with Crippen molar-refractivity contribution in [1.82, 2.24) is 20.2 Å². The lowest BCUT2D eigenvalue weighted by Crippen LogP contribution is -2.61. The van der Waals surface area contributed by atoms with Gasteiger partial charge in [-0.2, -0.15) is 0 Å². The van der Waals surface area contributed by atoms with Crippen LogP contribution in [-0.2, 0) is 0 Å². The number of hydrogen-bond acceptors (Lipinski definition) is 6. The summed E-state index contributed by atoms with van der Waals surface area (Å²) < 4.78 is 9.93. The molecule has 2 aromatic heterocycles. The molecular formula is C17H18N4O4. The molecule has 0 spiro atoms. The predicted octanol–water partition coefficient (Wildman–Crippen LogP) is 0.748. The summed E-state index contributed by atoms with van der Waals surface area (Å²) in [6.45, 7) is 0.917. The van der Waals surface area contributed by atoms with Crippen LogP contribution in [0.1, 0.15) is 20.7 Å². The topological polar surface area (TPSA) is 93.7 Å². The van der Waals surface area contributed by atoms with Gasteiger partial charge in [-0.05, 0) is 12.1 Å². The van der Waals surface area contributed by atoms with E-state index >= 15 is 0 Å². The maximum Gasteiger partial charge on any atom is 0.255 e. The third-order valence-electron chi connectivity index (χ3n) is 3.90. The molecule has 8 heteroatoms. The van der Waals surface area contributed by atoms with E-state index in [-0.39, 0.29) is 17.9 Å². The predicted molar refractivity (Wildman–Crippen MR) is 88.7 cm³/mol. The van der Waals surface area contributed by atoms with Crippen LogP contribution in [0.2, 0.25) is 0 Å². The summed E-state index contributed by atoms with van der Waals surface area (Å²) in [6, 6.07) is 6.50. The summed E-state index contributed by atoms with van der Waals surface area (Å²) in [7, 11) is 3.03. The van der Waals surface area contributed by atoms with Crippen molar-refractivity contribution in [3.8, 4) is 11.8 Å². The lowest BCUT2D eigenvalue weighted by atomic mass is 10.1. The highest BCUT2D eigenvalue weighted by atomic mass is 16.5. The third-order valence-corrected chi connectivity index (χ3v) is 3.90. The molecule has 1 aliphatic rings. The van der Waals surface area contributed by atoms with Crippen LogP contribution < -0.4 is 14.8 Å². The van der Waals surface area contributed by atoms with Gasteiger partial charge in [0.25, 0.3) is 11.8 Å². The maximum absolute atomic E-state index is 12.3. The van der Waals surface area contributed by atoms with Crippen molar-refractivity contribution >= 4 is 11.8 Å². The number of pyridine rings is 2. The van der Waals surface area contributed by atoms with Crippen LogP contribution in [-0.4, -0.2) is 60.0 Å². The van der Waals surface area contributed by atoms with Crippen LogP contribution in [0.15, 0.2) is 36.7 Å². The Morgan fingerprint density at radius 2 is 1.56 bits per heavy atom. The number of amides is 2. The summed E-state index contributed by atoms with van der Waals surface area (Å²) in [5.74, 6) is 0.564. The van der Waals surface area contributed by atoms with E-state index in [1.165, 1.54) is 26.6 Å². The number of methoxy groups -OCH3 is 2. The van der Waals surface area contributed by atoms with Crippen LogP contribution in [0.5, 0.6) is 11.8 Å². The van der Waals surface area contributed by atoms with Crippen molar-refractivity contribution in [2.45, 2.75) is 6.04 Å². The Bertz CT molecular complexity index is 755. The van der Waals surface area contributed by atoms with Crippen molar-refractivity contribution in [3.63, 3.8) is 0 Å². The monoisotopic (exact) mass is 342 g/mol. The van der Waals surface area contributed by atoms with Crippen molar-refractivity contribution in [1.29, 1.82) is 0 Å². The van der Waals surface area contributed by atoms with Crippen molar-refractivity contribution < 1.29 is 19.1 Å². The first-order valence-corrected chi connectivity index (χ1v) is 7.71. The first-order chi connectivity index (χ1) is 12.1. The number of aromatic nitrogens is 2. The second-order valence-electron chi connectivity index (χ2n) is 5.56. The Labute approximate surface area is 144 Å². The van der Waals surface area contributed by atoms with Gasteiger partial charge in [-0.1, -0.05) is 0 Å². The minimum atomic E-state index is -0.224. The van der Waals surface area contributed by atoms with Gasteiger partial charge in [-0.15, -0.1) is 0 Å². The first-order valence-electron chi connectivity index (χ1n) is 7.71. The Hall–Kier alpha value is -3.16. The zero-order valence-corrected chi connectivity index (χ0v) is 13.9. The molecule has 0 aliphatic carbocycles. The average molecular weight is 342 g/mol. The normalized spacial score (nSPS) is 13.8. The highest BCUT2D eigenvalue weighted by molar-refractivity contribution is 5.96. The molecule has 1 fully saturated rings. The van der Waals surface area contributed by atoms with Gasteiger partial charge in [0.05, 0.1) is 31.4 Å². The third kappa shape index (κ3) is 3.68. The highest BCUT2D eigenvalue weighted by Crippen LogP contribution is 2.15. The fourth-order valence-corrected chi connectivity index (χ4v) is 2.45. The molecule has 0 saturated carbocycles. The lowest BCUT2D eigenvalue weighted by molar-refractivity contribution is 0.0542. The molecule has 1 saturated heterocycles. The van der Waals surface area contributed by atoms with Crippen LogP contribution in [0.4, 0.5) is 0 Å².